The van der Waals surface area contributed by atoms with Gasteiger partial charge in [-0.25, -0.2) is 0 Å². The third-order valence-electron chi connectivity index (χ3n) is 4.86. The van der Waals surface area contributed by atoms with Gasteiger partial charge in [0.2, 0.25) is 0 Å². The van der Waals surface area contributed by atoms with Gasteiger partial charge in [-0.2, -0.15) is 4.52 Å². The van der Waals surface area contributed by atoms with Crippen molar-refractivity contribution in [1.29, 1.82) is 0 Å². The summed E-state index contributed by atoms with van der Waals surface area (Å²) in [5.41, 5.74) is 6.76. The second kappa shape index (κ2) is 7.68. The molecule has 0 saturated heterocycles. The van der Waals surface area contributed by atoms with E-state index in [4.69, 9.17) is 0 Å². The fraction of sp³-hybridized carbons (Fsp3) is 0.227. The second-order valence-corrected chi connectivity index (χ2v) is 7.01. The van der Waals surface area contributed by atoms with E-state index < -0.39 is 0 Å². The van der Waals surface area contributed by atoms with Crippen molar-refractivity contribution in [3.05, 3.63) is 83.6 Å². The molecule has 2 aromatic carbocycles. The van der Waals surface area contributed by atoms with Crippen molar-refractivity contribution in [3.63, 3.8) is 0 Å². The minimum atomic E-state index is 0.443. The van der Waals surface area contributed by atoms with Gasteiger partial charge in [0.25, 0.3) is 0 Å². The zero-order valence-corrected chi connectivity index (χ0v) is 15.6. The molecule has 0 saturated carbocycles. The summed E-state index contributed by atoms with van der Waals surface area (Å²) in [6.07, 6.45) is 1.99. The predicted octanol–water partition coefficient (Wildman–Crippen LogP) is 3.99. The second-order valence-electron chi connectivity index (χ2n) is 7.01. The van der Waals surface area contributed by atoms with E-state index >= 15 is 0 Å². The molecule has 1 atom stereocenters. The van der Waals surface area contributed by atoms with Gasteiger partial charge in [0.1, 0.15) is 0 Å². The summed E-state index contributed by atoms with van der Waals surface area (Å²) in [6, 6.07) is 21.2. The number of hydrogen-bond acceptors (Lipinski definition) is 4. The summed E-state index contributed by atoms with van der Waals surface area (Å²) >= 11 is 0. The Balaban J connectivity index is 1.55. The number of pyridine rings is 1. The highest BCUT2D eigenvalue weighted by molar-refractivity contribution is 5.67. The van der Waals surface area contributed by atoms with Crippen molar-refractivity contribution in [2.75, 3.05) is 6.54 Å². The maximum atomic E-state index is 4.19. The van der Waals surface area contributed by atoms with Crippen molar-refractivity contribution in [2.24, 2.45) is 0 Å². The molecule has 0 unspecified atom stereocenters. The van der Waals surface area contributed by atoms with Crippen LogP contribution in [0, 0.1) is 6.92 Å². The van der Waals surface area contributed by atoms with Gasteiger partial charge >= 0.3 is 0 Å². The lowest BCUT2D eigenvalue weighted by molar-refractivity contribution is 0.615. The fourth-order valence-electron chi connectivity index (χ4n) is 3.35. The Bertz CT molecular complexity index is 1040. The molecule has 2 heterocycles. The molecule has 0 spiro atoms. The minimum Gasteiger partial charge on any atom is -0.312 e. The highest BCUT2D eigenvalue weighted by Crippen LogP contribution is 2.23. The van der Waals surface area contributed by atoms with Crippen LogP contribution >= 0.6 is 0 Å². The maximum Gasteiger partial charge on any atom is 0.183 e. The van der Waals surface area contributed by atoms with Crippen LogP contribution in [-0.2, 0) is 6.54 Å². The number of nitrogens with zero attached hydrogens (tertiary/aromatic N) is 4. The fourth-order valence-corrected chi connectivity index (χ4v) is 3.35. The van der Waals surface area contributed by atoms with E-state index in [1.165, 1.54) is 16.7 Å². The normalized spacial score (nSPS) is 12.4. The summed E-state index contributed by atoms with van der Waals surface area (Å²) in [6.45, 7) is 5.96. The van der Waals surface area contributed by atoms with Crippen LogP contribution in [0.4, 0.5) is 0 Å². The Kier molecular flexibility index (Phi) is 4.94. The highest BCUT2D eigenvalue weighted by Gasteiger charge is 2.10. The minimum absolute atomic E-state index is 0.443. The smallest absolute Gasteiger partial charge is 0.183 e. The van der Waals surface area contributed by atoms with Crippen molar-refractivity contribution in [2.45, 2.75) is 26.3 Å². The van der Waals surface area contributed by atoms with Gasteiger partial charge < -0.3 is 5.32 Å². The third kappa shape index (κ3) is 3.88. The van der Waals surface area contributed by atoms with Gasteiger partial charge in [0.15, 0.2) is 5.65 Å². The summed E-state index contributed by atoms with van der Waals surface area (Å²) in [5, 5.41) is 15.7. The van der Waals surface area contributed by atoms with Crippen LogP contribution in [0.2, 0.25) is 0 Å². The first-order valence-electron chi connectivity index (χ1n) is 9.24. The quantitative estimate of drug-likeness (QED) is 0.567. The van der Waals surface area contributed by atoms with Gasteiger partial charge in [0.05, 0.1) is 0 Å². The molecular formula is C22H23N5. The standard InChI is InChI=1S/C22H23N5/c1-16-7-6-10-19(11-16)21-12-20(22-24-25-26-27(22)15-21)14-23-13-17(2)18-8-4-3-5-9-18/h3-12,15,17,23H,13-14H2,1-2H3/t17-/m0/s1. The molecule has 136 valence electrons. The number of nitrogens with one attached hydrogen (secondary N) is 1. The zero-order valence-electron chi connectivity index (χ0n) is 15.6. The first kappa shape index (κ1) is 17.4. The van der Waals surface area contributed by atoms with Gasteiger partial charge in [-0.15, -0.1) is 5.10 Å². The molecule has 0 radical (unpaired) electrons. The molecule has 0 aliphatic rings. The molecule has 0 amide bonds. The molecule has 5 nitrogen and oxygen atoms in total. The molecule has 2 aromatic heterocycles. The zero-order chi connectivity index (χ0) is 18.6. The molecule has 0 fully saturated rings. The number of hydrogen-bond donors (Lipinski definition) is 1. The topological polar surface area (TPSA) is 55.1 Å². The number of aryl methyl sites for hydroxylation is 1. The molecule has 0 aliphatic carbocycles. The predicted molar refractivity (Wildman–Crippen MR) is 108 cm³/mol. The monoisotopic (exact) mass is 357 g/mol. The Morgan fingerprint density at radius 2 is 1.85 bits per heavy atom. The van der Waals surface area contributed by atoms with Crippen LogP contribution in [0.3, 0.4) is 0 Å². The molecule has 1 N–H and O–H groups in total. The van der Waals surface area contributed by atoms with Gasteiger partial charge in [0, 0.05) is 30.4 Å². The van der Waals surface area contributed by atoms with Gasteiger partial charge in [-0.1, -0.05) is 67.1 Å². The van der Waals surface area contributed by atoms with Gasteiger partial charge in [-0.05, 0) is 40.5 Å². The lowest BCUT2D eigenvalue weighted by Gasteiger charge is -2.14. The van der Waals surface area contributed by atoms with E-state index in [9.17, 15) is 0 Å². The summed E-state index contributed by atoms with van der Waals surface area (Å²) < 4.78 is 1.76. The maximum absolute atomic E-state index is 4.19. The molecule has 27 heavy (non-hydrogen) atoms. The van der Waals surface area contributed by atoms with E-state index in [2.05, 4.69) is 95.4 Å². The molecular weight excluding hydrogens is 334 g/mol. The van der Waals surface area contributed by atoms with Crippen LogP contribution < -0.4 is 5.32 Å². The largest absolute Gasteiger partial charge is 0.312 e. The lowest BCUT2D eigenvalue weighted by Crippen LogP contribution is -2.20. The van der Waals surface area contributed by atoms with Crippen LogP contribution in [-0.4, -0.2) is 26.6 Å². The molecule has 5 heteroatoms. The van der Waals surface area contributed by atoms with E-state index in [0.29, 0.717) is 5.92 Å². The van der Waals surface area contributed by atoms with Crippen molar-refractivity contribution >= 4 is 5.65 Å². The first-order valence-corrected chi connectivity index (χ1v) is 9.24. The van der Waals surface area contributed by atoms with Crippen LogP contribution in [0.5, 0.6) is 0 Å². The first-order chi connectivity index (χ1) is 13.2. The number of benzene rings is 2. The van der Waals surface area contributed by atoms with Crippen molar-refractivity contribution in [1.82, 2.24) is 25.4 Å². The Morgan fingerprint density at radius 1 is 1.00 bits per heavy atom. The van der Waals surface area contributed by atoms with Crippen LogP contribution in [0.25, 0.3) is 16.8 Å². The van der Waals surface area contributed by atoms with Gasteiger partial charge in [-0.3, -0.25) is 0 Å². The lowest BCUT2D eigenvalue weighted by atomic mass is 10.0. The number of tetrazole rings is 1. The molecule has 4 aromatic rings. The van der Waals surface area contributed by atoms with Crippen molar-refractivity contribution < 1.29 is 0 Å². The Morgan fingerprint density at radius 3 is 2.67 bits per heavy atom. The molecule has 0 aliphatic heterocycles. The van der Waals surface area contributed by atoms with E-state index in [1.807, 2.05) is 6.20 Å². The Hall–Kier alpha value is -3.05. The number of aromatic nitrogens is 4. The molecule has 0 bridgehead atoms. The number of fused-ring (bicyclic) bond motifs is 1. The van der Waals surface area contributed by atoms with E-state index in [0.717, 1.165) is 29.9 Å². The Labute approximate surface area is 159 Å². The van der Waals surface area contributed by atoms with E-state index in [-0.39, 0.29) is 0 Å². The highest BCUT2D eigenvalue weighted by atomic mass is 15.5. The average molecular weight is 357 g/mol. The van der Waals surface area contributed by atoms with Crippen LogP contribution in [0.15, 0.2) is 66.9 Å². The number of rotatable bonds is 6. The van der Waals surface area contributed by atoms with Crippen molar-refractivity contribution in [3.8, 4) is 11.1 Å². The van der Waals surface area contributed by atoms with Crippen LogP contribution in [0.1, 0.15) is 29.5 Å². The SMILES string of the molecule is Cc1cccc(-c2cc(CNC[C@H](C)c3ccccc3)c3nnnn3c2)c1. The third-order valence-corrected chi connectivity index (χ3v) is 4.86. The van der Waals surface area contributed by atoms with E-state index in [1.54, 1.807) is 4.52 Å². The summed E-state index contributed by atoms with van der Waals surface area (Å²) in [4.78, 5) is 0. The average Bonchev–Trinajstić information content (AvgIpc) is 3.17. The summed E-state index contributed by atoms with van der Waals surface area (Å²) in [7, 11) is 0. The molecule has 4 rings (SSSR count). The summed E-state index contributed by atoms with van der Waals surface area (Å²) in [5.74, 6) is 0.443.